The maximum absolute atomic E-state index is 13.0. The topological polar surface area (TPSA) is 214 Å². The fourth-order valence-corrected chi connectivity index (χ4v) is 6.18. The molecule has 2 amide bonds. The average molecular weight is 647 g/mol. The number of carbonyl (C=O) groups is 3. The highest BCUT2D eigenvalue weighted by molar-refractivity contribution is 8.03. The van der Waals surface area contributed by atoms with Gasteiger partial charge in [-0.15, -0.1) is 23.1 Å². The highest BCUT2D eigenvalue weighted by atomic mass is 32.2. The summed E-state index contributed by atoms with van der Waals surface area (Å²) in [5, 5.41) is 18.1. The number of carbonyl (C=O) groups excluding carboxylic acids is 2. The van der Waals surface area contributed by atoms with E-state index in [-0.39, 0.29) is 22.2 Å². The summed E-state index contributed by atoms with van der Waals surface area (Å²) in [6.07, 6.45) is 0. The van der Waals surface area contributed by atoms with Gasteiger partial charge in [0, 0.05) is 29.1 Å². The molecule has 21 heteroatoms. The van der Waals surface area contributed by atoms with Crippen LogP contribution in [0.3, 0.4) is 0 Å². The second-order valence-electron chi connectivity index (χ2n) is 8.95. The molecule has 1 aromatic rings. The summed E-state index contributed by atoms with van der Waals surface area (Å²) in [5.74, 6) is -1.98. The Morgan fingerprint density at radius 3 is 2.51 bits per heavy atom. The molecule has 228 valence electrons. The molecule has 1 aromatic heterocycles. The summed E-state index contributed by atoms with van der Waals surface area (Å²) >= 11 is 2.48. The number of aliphatic carboxylic acids is 1. The van der Waals surface area contributed by atoms with E-state index in [2.05, 4.69) is 20.4 Å². The number of alkyl halides is 3. The quantitative estimate of drug-likeness (QED) is 0.105. The average Bonchev–Trinajstić information content (AvgIpc) is 3.29. The van der Waals surface area contributed by atoms with E-state index in [1.54, 1.807) is 5.38 Å². The van der Waals surface area contributed by atoms with Crippen LogP contribution in [0.15, 0.2) is 21.1 Å². The SMILES string of the molecule is CON=C(C(=O)NC1C(=O)N2C(C(=O)O)=C(C3(C)CN(C)CCO3)SCC12)c1csc(N)n1.O=S(=O)(O)C(F)(F)F. The number of aromatic nitrogens is 1. The van der Waals surface area contributed by atoms with Crippen LogP contribution in [0.2, 0.25) is 0 Å². The summed E-state index contributed by atoms with van der Waals surface area (Å²) < 4.78 is 63.5. The van der Waals surface area contributed by atoms with Gasteiger partial charge in [-0.2, -0.15) is 21.6 Å². The molecule has 3 atom stereocenters. The maximum Gasteiger partial charge on any atom is 0.522 e. The van der Waals surface area contributed by atoms with Gasteiger partial charge in [0.2, 0.25) is 0 Å². The molecule has 0 bridgehead atoms. The molecule has 3 unspecified atom stereocenters. The Hall–Kier alpha value is -2.98. The minimum Gasteiger partial charge on any atom is -0.477 e. The number of halogens is 3. The number of nitrogens with zero attached hydrogens (tertiary/aromatic N) is 4. The zero-order valence-electron chi connectivity index (χ0n) is 21.5. The van der Waals surface area contributed by atoms with Gasteiger partial charge in [0.05, 0.1) is 12.6 Å². The summed E-state index contributed by atoms with van der Waals surface area (Å²) in [6, 6.07) is -1.42. The van der Waals surface area contributed by atoms with E-state index in [0.717, 1.165) is 17.9 Å². The van der Waals surface area contributed by atoms with Crippen LogP contribution in [0, 0.1) is 0 Å². The van der Waals surface area contributed by atoms with Crippen LogP contribution < -0.4 is 11.1 Å². The third-order valence-electron chi connectivity index (χ3n) is 5.96. The number of thioether (sulfide) groups is 1. The van der Waals surface area contributed by atoms with E-state index in [1.165, 1.54) is 23.8 Å². The molecule has 4 heterocycles. The lowest BCUT2D eigenvalue weighted by Gasteiger charge is -2.52. The number of thiazole rings is 1. The zero-order chi connectivity index (χ0) is 30.9. The Morgan fingerprint density at radius 2 is 2.02 bits per heavy atom. The molecule has 41 heavy (non-hydrogen) atoms. The van der Waals surface area contributed by atoms with Gasteiger partial charge in [-0.1, -0.05) is 5.16 Å². The molecule has 15 nitrogen and oxygen atoms in total. The molecule has 0 radical (unpaired) electrons. The lowest BCUT2D eigenvalue weighted by Crippen LogP contribution is -2.73. The highest BCUT2D eigenvalue weighted by Gasteiger charge is 2.56. The molecule has 2 fully saturated rings. The van der Waals surface area contributed by atoms with Gasteiger partial charge in [-0.3, -0.25) is 19.0 Å². The van der Waals surface area contributed by atoms with Crippen LogP contribution in [0.5, 0.6) is 0 Å². The van der Waals surface area contributed by atoms with Crippen molar-refractivity contribution in [2.45, 2.75) is 30.1 Å². The molecule has 2 saturated heterocycles. The number of nitrogen functional groups attached to an aromatic ring is 1. The number of hydrogen-bond donors (Lipinski definition) is 4. The van der Waals surface area contributed by atoms with Crippen LogP contribution in [0.25, 0.3) is 0 Å². The minimum atomic E-state index is -5.84. The smallest absolute Gasteiger partial charge is 0.477 e. The molecular formula is C20H25F3N6O9S3. The Balaban J connectivity index is 0.000000507. The number of morpholine rings is 1. The number of rotatable bonds is 6. The number of nitrogens with one attached hydrogen (secondary N) is 1. The van der Waals surface area contributed by atoms with Crippen molar-refractivity contribution in [2.24, 2.45) is 5.16 Å². The number of carboxylic acid groups (broad SMARTS) is 1. The Labute approximate surface area is 239 Å². The second kappa shape index (κ2) is 12.1. The van der Waals surface area contributed by atoms with E-state index in [4.69, 9.17) is 28.3 Å². The van der Waals surface area contributed by atoms with Crippen LogP contribution in [0.4, 0.5) is 18.3 Å². The summed E-state index contributed by atoms with van der Waals surface area (Å²) in [4.78, 5) is 50.7. The number of likely N-dealkylation sites (N-methyl/N-ethyl adjacent to an activating group) is 1. The van der Waals surface area contributed by atoms with Crippen molar-refractivity contribution < 1.29 is 55.2 Å². The lowest BCUT2D eigenvalue weighted by molar-refractivity contribution is -0.153. The molecule has 0 spiro atoms. The van der Waals surface area contributed by atoms with Gasteiger partial charge in [0.25, 0.3) is 11.8 Å². The lowest BCUT2D eigenvalue weighted by atomic mass is 9.92. The van der Waals surface area contributed by atoms with Gasteiger partial charge in [0.15, 0.2) is 10.8 Å². The number of anilines is 1. The van der Waals surface area contributed by atoms with Gasteiger partial charge in [-0.25, -0.2) is 9.78 Å². The molecule has 0 saturated carbocycles. The summed E-state index contributed by atoms with van der Waals surface area (Å²) in [7, 11) is -2.62. The van der Waals surface area contributed by atoms with Crippen LogP contribution in [0.1, 0.15) is 12.6 Å². The molecular weight excluding hydrogens is 621 g/mol. The van der Waals surface area contributed by atoms with E-state index >= 15 is 0 Å². The number of oxime groups is 1. The first-order chi connectivity index (χ1) is 18.9. The molecule has 5 N–H and O–H groups in total. The third-order valence-corrected chi connectivity index (χ3v) is 8.64. The number of β-lactam (4-membered cyclic amide) rings is 1. The number of carboxylic acids is 1. The van der Waals surface area contributed by atoms with Crippen molar-refractivity contribution in [3.8, 4) is 0 Å². The predicted molar refractivity (Wildman–Crippen MR) is 139 cm³/mol. The monoisotopic (exact) mass is 646 g/mol. The van der Waals surface area contributed by atoms with Crippen molar-refractivity contribution in [1.29, 1.82) is 0 Å². The first-order valence-electron chi connectivity index (χ1n) is 11.3. The number of amides is 2. The first kappa shape index (κ1) is 32.5. The Morgan fingerprint density at radius 1 is 1.39 bits per heavy atom. The second-order valence-corrected chi connectivity index (χ2v) is 12.3. The van der Waals surface area contributed by atoms with E-state index in [0.29, 0.717) is 23.8 Å². The molecule has 4 rings (SSSR count). The fourth-order valence-electron chi connectivity index (χ4n) is 4.20. The van der Waals surface area contributed by atoms with Crippen molar-refractivity contribution in [3.05, 3.63) is 21.7 Å². The van der Waals surface area contributed by atoms with Gasteiger partial charge >= 0.3 is 21.6 Å². The summed E-state index contributed by atoms with van der Waals surface area (Å²) in [5.41, 5.74) is -0.732. The van der Waals surface area contributed by atoms with Gasteiger partial charge < -0.3 is 30.6 Å². The molecule has 3 aliphatic rings. The van der Waals surface area contributed by atoms with Crippen molar-refractivity contribution in [1.82, 2.24) is 20.1 Å². The number of hydrogen-bond acceptors (Lipinski definition) is 13. The zero-order valence-corrected chi connectivity index (χ0v) is 24.0. The molecule has 3 aliphatic heterocycles. The Bertz CT molecular complexity index is 1380. The number of fused-ring (bicyclic) bond motifs is 1. The van der Waals surface area contributed by atoms with Crippen molar-refractivity contribution >= 4 is 61.8 Å². The van der Waals surface area contributed by atoms with Crippen molar-refractivity contribution in [3.63, 3.8) is 0 Å². The largest absolute Gasteiger partial charge is 0.522 e. The van der Waals surface area contributed by atoms with E-state index < -0.39 is 51.1 Å². The Kier molecular flexibility index (Phi) is 9.60. The van der Waals surface area contributed by atoms with Gasteiger partial charge in [-0.05, 0) is 14.0 Å². The third kappa shape index (κ3) is 6.92. The fraction of sp³-hybridized carbons (Fsp3) is 0.550. The molecule has 0 aliphatic carbocycles. The number of ether oxygens (including phenoxy) is 1. The minimum absolute atomic E-state index is 0.0948. The van der Waals surface area contributed by atoms with Crippen LogP contribution >= 0.6 is 23.1 Å². The maximum atomic E-state index is 13.0. The van der Waals surface area contributed by atoms with E-state index in [9.17, 15) is 32.7 Å². The predicted octanol–water partition coefficient (Wildman–Crippen LogP) is -0.0709. The number of nitrogens with two attached hydrogens (primary N) is 1. The highest BCUT2D eigenvalue weighted by Crippen LogP contribution is 2.45. The van der Waals surface area contributed by atoms with Gasteiger partial charge in [0.1, 0.15) is 30.1 Å². The summed E-state index contributed by atoms with van der Waals surface area (Å²) in [6.45, 7) is 3.55. The standard InChI is InChI=1S/C19H24N6O6S2.CHF3O3S/c1-19(8-24(2)4-5-31-19)14-13(17(28)29)25-10(7-32-14)12(16(25)27)22-15(26)11(23-30-3)9-6-33-18(20)21-9;2-1(3,4)8(5,6)7/h6,10,12H,4-5,7-8H2,1-3H3,(H2,20,21)(H,22,26)(H,28,29);(H,5,6,7). The van der Waals surface area contributed by atoms with Crippen LogP contribution in [-0.2, 0) is 34.1 Å². The molecule has 0 aromatic carbocycles. The first-order valence-corrected chi connectivity index (χ1v) is 14.7. The van der Waals surface area contributed by atoms with Crippen LogP contribution in [-0.4, -0.2) is 119 Å². The van der Waals surface area contributed by atoms with E-state index in [1.807, 2.05) is 14.0 Å². The normalized spacial score (nSPS) is 25.5. The van der Waals surface area contributed by atoms with Crippen molar-refractivity contribution in [2.75, 3.05) is 45.3 Å².